The summed E-state index contributed by atoms with van der Waals surface area (Å²) in [5.74, 6) is 0.741. The Bertz CT molecular complexity index is 662. The Balaban J connectivity index is 2.51. The number of aryl methyl sites for hydroxylation is 2. The molecule has 0 amide bonds. The minimum atomic E-state index is 0.273. The van der Waals surface area contributed by atoms with Gasteiger partial charge in [0.25, 0.3) is 0 Å². The molecule has 2 aromatic rings. The highest BCUT2D eigenvalue weighted by atomic mass is 16.3. The molecule has 18 heavy (non-hydrogen) atoms. The van der Waals surface area contributed by atoms with Crippen LogP contribution in [0.15, 0.2) is 17.3 Å². The third-order valence-corrected chi connectivity index (χ3v) is 4.20. The first kappa shape index (κ1) is 11.4. The van der Waals surface area contributed by atoms with Crippen LogP contribution in [0.5, 0.6) is 5.75 Å². The van der Waals surface area contributed by atoms with Crippen molar-refractivity contribution in [2.75, 3.05) is 0 Å². The molecule has 0 bridgehead atoms. The molecule has 1 unspecified atom stereocenters. The standard InChI is InChI=1S/C16H18O2/c1-8-5-6-9(2)14-12(8)11(4)13-10(3)7-18-16(13)15(14)17/h7-8,17H,2,5-6H2,1,3-4H3. The van der Waals surface area contributed by atoms with E-state index in [4.69, 9.17) is 4.42 Å². The summed E-state index contributed by atoms with van der Waals surface area (Å²) in [7, 11) is 0. The van der Waals surface area contributed by atoms with Crippen molar-refractivity contribution in [1.82, 2.24) is 0 Å². The highest BCUT2D eigenvalue weighted by Crippen LogP contribution is 2.48. The summed E-state index contributed by atoms with van der Waals surface area (Å²) in [4.78, 5) is 0. The molecule has 1 heterocycles. The van der Waals surface area contributed by atoms with Crippen LogP contribution in [-0.4, -0.2) is 5.11 Å². The Hall–Kier alpha value is -1.70. The Kier molecular flexibility index (Phi) is 2.31. The molecule has 0 aliphatic heterocycles. The molecule has 0 fully saturated rings. The predicted octanol–water partition coefficient (Wildman–Crippen LogP) is 4.67. The highest BCUT2D eigenvalue weighted by Gasteiger charge is 2.28. The minimum Gasteiger partial charge on any atom is -0.504 e. The average molecular weight is 242 g/mol. The fraction of sp³-hybridized carbons (Fsp3) is 0.375. The molecule has 3 rings (SSSR count). The van der Waals surface area contributed by atoms with Crippen LogP contribution in [0, 0.1) is 13.8 Å². The molecular weight excluding hydrogens is 224 g/mol. The van der Waals surface area contributed by atoms with E-state index in [1.165, 1.54) is 11.1 Å². The summed E-state index contributed by atoms with van der Waals surface area (Å²) in [6, 6.07) is 0. The smallest absolute Gasteiger partial charge is 0.176 e. The van der Waals surface area contributed by atoms with Gasteiger partial charge in [-0.25, -0.2) is 0 Å². The monoisotopic (exact) mass is 242 g/mol. The van der Waals surface area contributed by atoms with Gasteiger partial charge in [-0.2, -0.15) is 0 Å². The van der Waals surface area contributed by atoms with Crippen molar-refractivity contribution in [2.24, 2.45) is 0 Å². The van der Waals surface area contributed by atoms with Crippen molar-refractivity contribution in [2.45, 2.75) is 39.5 Å². The van der Waals surface area contributed by atoms with Crippen molar-refractivity contribution in [3.8, 4) is 5.75 Å². The number of hydrogen-bond donors (Lipinski definition) is 1. The molecule has 2 heteroatoms. The SMILES string of the molecule is C=C1CCC(C)c2c1c(O)c1occ(C)c1c2C. The lowest BCUT2D eigenvalue weighted by Crippen LogP contribution is -2.08. The second-order valence-electron chi connectivity index (χ2n) is 5.43. The lowest BCUT2D eigenvalue weighted by Gasteiger charge is -2.27. The fourth-order valence-electron chi connectivity index (χ4n) is 3.28. The normalized spacial score (nSPS) is 19.3. The lowest BCUT2D eigenvalue weighted by molar-refractivity contribution is 0.459. The number of phenols is 1. The van der Waals surface area contributed by atoms with Gasteiger partial charge < -0.3 is 9.52 Å². The maximum Gasteiger partial charge on any atom is 0.176 e. The number of fused-ring (bicyclic) bond motifs is 2. The Morgan fingerprint density at radius 2 is 2.11 bits per heavy atom. The van der Waals surface area contributed by atoms with Crippen LogP contribution in [0.1, 0.15) is 47.9 Å². The fourth-order valence-corrected chi connectivity index (χ4v) is 3.28. The van der Waals surface area contributed by atoms with Gasteiger partial charge in [0.2, 0.25) is 0 Å². The van der Waals surface area contributed by atoms with E-state index < -0.39 is 0 Å². The van der Waals surface area contributed by atoms with Crippen LogP contribution in [0.2, 0.25) is 0 Å². The second-order valence-corrected chi connectivity index (χ2v) is 5.43. The third-order valence-electron chi connectivity index (χ3n) is 4.20. The van der Waals surface area contributed by atoms with E-state index in [1.54, 1.807) is 6.26 Å². The Morgan fingerprint density at radius 1 is 1.39 bits per heavy atom. The molecule has 94 valence electrons. The van der Waals surface area contributed by atoms with Gasteiger partial charge in [0.05, 0.1) is 6.26 Å². The van der Waals surface area contributed by atoms with Crippen LogP contribution >= 0.6 is 0 Å². The number of furan rings is 1. The van der Waals surface area contributed by atoms with E-state index in [0.717, 1.165) is 34.9 Å². The van der Waals surface area contributed by atoms with E-state index in [-0.39, 0.29) is 5.75 Å². The van der Waals surface area contributed by atoms with E-state index >= 15 is 0 Å². The first-order chi connectivity index (χ1) is 8.52. The maximum atomic E-state index is 10.5. The molecular formula is C16H18O2. The molecule has 2 nitrogen and oxygen atoms in total. The van der Waals surface area contributed by atoms with Crippen molar-refractivity contribution >= 4 is 16.5 Å². The van der Waals surface area contributed by atoms with E-state index in [9.17, 15) is 5.11 Å². The molecule has 1 aromatic heterocycles. The van der Waals surface area contributed by atoms with Gasteiger partial charge in [0, 0.05) is 10.9 Å². The van der Waals surface area contributed by atoms with E-state index in [2.05, 4.69) is 20.4 Å². The van der Waals surface area contributed by atoms with Crippen molar-refractivity contribution in [3.05, 3.63) is 35.1 Å². The van der Waals surface area contributed by atoms with Gasteiger partial charge in [-0.15, -0.1) is 0 Å². The number of phenolic OH excluding ortho intramolecular Hbond substituents is 1. The summed E-state index contributed by atoms with van der Waals surface area (Å²) in [6.45, 7) is 10.5. The zero-order valence-electron chi connectivity index (χ0n) is 11.1. The van der Waals surface area contributed by atoms with Crippen LogP contribution in [0.4, 0.5) is 0 Å². The largest absolute Gasteiger partial charge is 0.504 e. The minimum absolute atomic E-state index is 0.273. The predicted molar refractivity (Wildman–Crippen MR) is 74.0 cm³/mol. The molecule has 1 atom stereocenters. The molecule has 1 aromatic carbocycles. The topological polar surface area (TPSA) is 33.4 Å². The molecule has 0 saturated carbocycles. The molecule has 1 N–H and O–H groups in total. The van der Waals surface area contributed by atoms with Gasteiger partial charge >= 0.3 is 0 Å². The van der Waals surface area contributed by atoms with Crippen LogP contribution in [0.3, 0.4) is 0 Å². The van der Waals surface area contributed by atoms with Gasteiger partial charge in [-0.1, -0.05) is 13.5 Å². The third kappa shape index (κ3) is 1.29. The van der Waals surface area contributed by atoms with Crippen molar-refractivity contribution in [1.29, 1.82) is 0 Å². The maximum absolute atomic E-state index is 10.5. The van der Waals surface area contributed by atoms with Crippen molar-refractivity contribution in [3.63, 3.8) is 0 Å². The number of allylic oxidation sites excluding steroid dienone is 1. The number of rotatable bonds is 0. The zero-order chi connectivity index (χ0) is 13.0. The quantitative estimate of drug-likeness (QED) is 0.728. The summed E-state index contributed by atoms with van der Waals surface area (Å²) in [5, 5.41) is 11.5. The van der Waals surface area contributed by atoms with Gasteiger partial charge in [0.15, 0.2) is 11.3 Å². The van der Waals surface area contributed by atoms with Crippen molar-refractivity contribution < 1.29 is 9.52 Å². The molecule has 1 aliphatic carbocycles. The second kappa shape index (κ2) is 3.64. The van der Waals surface area contributed by atoms with Gasteiger partial charge in [0.1, 0.15) is 0 Å². The summed E-state index contributed by atoms with van der Waals surface area (Å²) >= 11 is 0. The molecule has 0 radical (unpaired) electrons. The zero-order valence-corrected chi connectivity index (χ0v) is 11.1. The van der Waals surface area contributed by atoms with Crippen LogP contribution in [-0.2, 0) is 0 Å². The molecule has 0 spiro atoms. The number of aromatic hydroxyl groups is 1. The average Bonchev–Trinajstić information content (AvgIpc) is 2.72. The Labute approximate surface area is 107 Å². The Morgan fingerprint density at radius 3 is 2.83 bits per heavy atom. The first-order valence-electron chi connectivity index (χ1n) is 6.43. The molecule has 1 aliphatic rings. The van der Waals surface area contributed by atoms with Gasteiger partial charge in [-0.05, 0) is 54.9 Å². The number of benzene rings is 1. The molecule has 0 saturated heterocycles. The summed E-state index contributed by atoms with van der Waals surface area (Å²) in [6.07, 6.45) is 3.77. The highest BCUT2D eigenvalue weighted by molar-refractivity contribution is 5.96. The van der Waals surface area contributed by atoms with Crippen LogP contribution in [0.25, 0.3) is 16.5 Å². The van der Waals surface area contributed by atoms with Crippen LogP contribution < -0.4 is 0 Å². The summed E-state index contributed by atoms with van der Waals surface area (Å²) in [5.41, 5.74) is 6.13. The van der Waals surface area contributed by atoms with E-state index in [1.807, 2.05) is 6.92 Å². The summed E-state index contributed by atoms with van der Waals surface area (Å²) < 4.78 is 5.52. The number of hydrogen-bond acceptors (Lipinski definition) is 2. The first-order valence-corrected chi connectivity index (χ1v) is 6.43. The lowest BCUT2D eigenvalue weighted by atomic mass is 9.77. The van der Waals surface area contributed by atoms with E-state index in [0.29, 0.717) is 11.5 Å². The van der Waals surface area contributed by atoms with Gasteiger partial charge in [-0.3, -0.25) is 0 Å².